The van der Waals surface area contributed by atoms with Gasteiger partial charge in [-0.15, -0.1) is 11.3 Å². The molecule has 3 aromatic rings. The third-order valence-electron chi connectivity index (χ3n) is 2.39. The van der Waals surface area contributed by atoms with Crippen LogP contribution in [0.2, 0.25) is 0 Å². The highest BCUT2D eigenvalue weighted by Gasteiger charge is 2.10. The topological polar surface area (TPSA) is 60.2 Å². The predicted molar refractivity (Wildman–Crippen MR) is 63.1 cm³/mol. The Balaban J connectivity index is 1.84. The standard InChI is InChI=1S/C11H8N4OS/c16-10(8-1-2-12-13-6-8)5-9-7-15-3-4-17-11(15)14-9/h1-4,6-7H,5H2. The second kappa shape index (κ2) is 4.06. The highest BCUT2D eigenvalue weighted by molar-refractivity contribution is 7.15. The molecule has 0 aliphatic rings. The molecule has 17 heavy (non-hydrogen) atoms. The quantitative estimate of drug-likeness (QED) is 0.657. The van der Waals surface area contributed by atoms with Crippen molar-refractivity contribution in [2.24, 2.45) is 0 Å². The Hall–Kier alpha value is -2.08. The van der Waals surface area contributed by atoms with E-state index in [-0.39, 0.29) is 5.78 Å². The Kier molecular flexibility index (Phi) is 2.41. The lowest BCUT2D eigenvalue weighted by atomic mass is 10.1. The smallest absolute Gasteiger partial charge is 0.193 e. The fraction of sp³-hybridized carbons (Fsp3) is 0.0909. The summed E-state index contributed by atoms with van der Waals surface area (Å²) in [5, 5.41) is 9.29. The summed E-state index contributed by atoms with van der Waals surface area (Å²) in [7, 11) is 0. The number of imidazole rings is 1. The second-order valence-corrected chi connectivity index (χ2v) is 4.43. The van der Waals surface area contributed by atoms with Crippen LogP contribution in [0.1, 0.15) is 16.1 Å². The van der Waals surface area contributed by atoms with Crippen LogP contribution in [0.5, 0.6) is 0 Å². The Labute approximate surface area is 101 Å². The molecule has 3 rings (SSSR count). The molecule has 0 bridgehead atoms. The molecule has 0 fully saturated rings. The van der Waals surface area contributed by atoms with Crippen LogP contribution in [0.15, 0.2) is 36.2 Å². The van der Waals surface area contributed by atoms with Gasteiger partial charge in [0.15, 0.2) is 10.7 Å². The third-order valence-corrected chi connectivity index (χ3v) is 3.16. The van der Waals surface area contributed by atoms with E-state index in [1.165, 1.54) is 12.4 Å². The van der Waals surface area contributed by atoms with E-state index in [1.54, 1.807) is 17.4 Å². The number of thiazole rings is 1. The van der Waals surface area contributed by atoms with E-state index in [1.807, 2.05) is 22.2 Å². The van der Waals surface area contributed by atoms with Crippen molar-refractivity contribution >= 4 is 22.1 Å². The normalized spacial score (nSPS) is 10.8. The fourth-order valence-corrected chi connectivity index (χ4v) is 2.30. The molecule has 0 unspecified atom stereocenters. The Bertz CT molecular complexity index is 630. The molecule has 0 saturated heterocycles. The largest absolute Gasteiger partial charge is 0.297 e. The summed E-state index contributed by atoms with van der Waals surface area (Å²) in [4.78, 5) is 17.2. The molecular formula is C11H8N4OS. The van der Waals surface area contributed by atoms with Gasteiger partial charge in [-0.05, 0) is 6.07 Å². The highest BCUT2D eigenvalue weighted by atomic mass is 32.1. The number of Topliss-reactive ketones (excluding diaryl/α,β-unsaturated/α-hetero) is 1. The number of ketones is 1. The van der Waals surface area contributed by atoms with Crippen LogP contribution >= 0.6 is 11.3 Å². The number of hydrogen-bond acceptors (Lipinski definition) is 5. The van der Waals surface area contributed by atoms with Crippen molar-refractivity contribution in [1.82, 2.24) is 19.6 Å². The minimum atomic E-state index is 0.00523. The van der Waals surface area contributed by atoms with Crippen molar-refractivity contribution in [3.8, 4) is 0 Å². The fourth-order valence-electron chi connectivity index (χ4n) is 1.58. The van der Waals surface area contributed by atoms with Gasteiger partial charge in [0, 0.05) is 23.3 Å². The van der Waals surface area contributed by atoms with E-state index in [9.17, 15) is 4.79 Å². The van der Waals surface area contributed by atoms with E-state index >= 15 is 0 Å². The number of aromatic nitrogens is 4. The lowest BCUT2D eigenvalue weighted by molar-refractivity contribution is 0.0991. The van der Waals surface area contributed by atoms with Crippen molar-refractivity contribution in [3.63, 3.8) is 0 Å². The van der Waals surface area contributed by atoms with Gasteiger partial charge in [-0.3, -0.25) is 9.20 Å². The third kappa shape index (κ3) is 1.94. The summed E-state index contributed by atoms with van der Waals surface area (Å²) >= 11 is 1.55. The molecular weight excluding hydrogens is 236 g/mol. The molecule has 3 heterocycles. The van der Waals surface area contributed by atoms with E-state index in [2.05, 4.69) is 15.2 Å². The van der Waals surface area contributed by atoms with E-state index in [0.29, 0.717) is 12.0 Å². The molecule has 0 aromatic carbocycles. The zero-order valence-corrected chi connectivity index (χ0v) is 9.59. The molecule has 0 aliphatic heterocycles. The summed E-state index contributed by atoms with van der Waals surface area (Å²) in [5.74, 6) is 0.00523. The molecule has 0 spiro atoms. The summed E-state index contributed by atoms with van der Waals surface area (Å²) in [6.07, 6.45) is 7.08. The summed E-state index contributed by atoms with van der Waals surface area (Å²) in [5.41, 5.74) is 1.34. The number of nitrogens with zero attached hydrogens (tertiary/aromatic N) is 4. The zero-order chi connectivity index (χ0) is 11.7. The van der Waals surface area contributed by atoms with Gasteiger partial charge in [0.05, 0.1) is 24.5 Å². The molecule has 3 aromatic heterocycles. The van der Waals surface area contributed by atoms with Crippen LogP contribution in [0.3, 0.4) is 0 Å². The van der Waals surface area contributed by atoms with E-state index in [0.717, 1.165) is 10.7 Å². The molecule has 0 atom stereocenters. The molecule has 0 saturated carbocycles. The monoisotopic (exact) mass is 244 g/mol. The first-order chi connectivity index (χ1) is 8.33. The average molecular weight is 244 g/mol. The van der Waals surface area contributed by atoms with Crippen molar-refractivity contribution in [2.75, 3.05) is 0 Å². The maximum Gasteiger partial charge on any atom is 0.193 e. The lowest BCUT2D eigenvalue weighted by Gasteiger charge is -1.96. The van der Waals surface area contributed by atoms with Gasteiger partial charge in [-0.25, -0.2) is 4.98 Å². The van der Waals surface area contributed by atoms with Crippen molar-refractivity contribution in [1.29, 1.82) is 0 Å². The Morgan fingerprint density at radius 1 is 1.41 bits per heavy atom. The minimum Gasteiger partial charge on any atom is -0.297 e. The zero-order valence-electron chi connectivity index (χ0n) is 8.78. The summed E-state index contributed by atoms with van der Waals surface area (Å²) < 4.78 is 1.91. The van der Waals surface area contributed by atoms with Crippen molar-refractivity contribution < 1.29 is 4.79 Å². The minimum absolute atomic E-state index is 0.00523. The van der Waals surface area contributed by atoms with E-state index < -0.39 is 0 Å². The molecule has 6 heteroatoms. The summed E-state index contributed by atoms with van der Waals surface area (Å²) in [6.45, 7) is 0. The Morgan fingerprint density at radius 2 is 2.35 bits per heavy atom. The highest BCUT2D eigenvalue weighted by Crippen LogP contribution is 2.12. The number of carbonyl (C=O) groups is 1. The van der Waals surface area contributed by atoms with Crippen LogP contribution in [0.4, 0.5) is 0 Å². The van der Waals surface area contributed by atoms with Gasteiger partial charge in [-0.2, -0.15) is 10.2 Å². The number of fused-ring (bicyclic) bond motifs is 1. The molecule has 0 amide bonds. The molecule has 0 aliphatic carbocycles. The first-order valence-corrected chi connectivity index (χ1v) is 5.92. The maximum atomic E-state index is 11.9. The number of carbonyl (C=O) groups excluding carboxylic acids is 1. The van der Waals surface area contributed by atoms with Crippen LogP contribution in [-0.4, -0.2) is 25.4 Å². The van der Waals surface area contributed by atoms with Crippen LogP contribution < -0.4 is 0 Å². The maximum absolute atomic E-state index is 11.9. The molecule has 0 radical (unpaired) electrons. The second-order valence-electron chi connectivity index (χ2n) is 3.56. The van der Waals surface area contributed by atoms with Gasteiger partial charge in [0.25, 0.3) is 0 Å². The van der Waals surface area contributed by atoms with Gasteiger partial charge in [0.2, 0.25) is 0 Å². The SMILES string of the molecule is O=C(Cc1cn2ccsc2n1)c1ccnnc1. The molecule has 5 nitrogen and oxygen atoms in total. The van der Waals surface area contributed by atoms with Crippen LogP contribution in [-0.2, 0) is 6.42 Å². The molecule has 84 valence electrons. The average Bonchev–Trinajstić information content (AvgIpc) is 2.90. The van der Waals surface area contributed by atoms with Crippen molar-refractivity contribution in [3.05, 3.63) is 47.5 Å². The Morgan fingerprint density at radius 3 is 3.12 bits per heavy atom. The van der Waals surface area contributed by atoms with Gasteiger partial charge < -0.3 is 0 Å². The van der Waals surface area contributed by atoms with Crippen LogP contribution in [0, 0.1) is 0 Å². The number of hydrogen-bond donors (Lipinski definition) is 0. The number of rotatable bonds is 3. The van der Waals surface area contributed by atoms with Crippen molar-refractivity contribution in [2.45, 2.75) is 6.42 Å². The van der Waals surface area contributed by atoms with Gasteiger partial charge in [-0.1, -0.05) is 0 Å². The molecule has 0 N–H and O–H groups in total. The lowest BCUT2D eigenvalue weighted by Crippen LogP contribution is -2.04. The van der Waals surface area contributed by atoms with Gasteiger partial charge >= 0.3 is 0 Å². The first kappa shape index (κ1) is 10.1. The van der Waals surface area contributed by atoms with E-state index in [4.69, 9.17) is 0 Å². The van der Waals surface area contributed by atoms with Gasteiger partial charge in [0.1, 0.15) is 0 Å². The van der Waals surface area contributed by atoms with Crippen LogP contribution in [0.25, 0.3) is 4.96 Å². The first-order valence-electron chi connectivity index (χ1n) is 5.04. The predicted octanol–water partition coefficient (Wildman–Crippen LogP) is 1.61. The summed E-state index contributed by atoms with van der Waals surface area (Å²) in [6, 6.07) is 1.66.